The van der Waals surface area contributed by atoms with E-state index in [2.05, 4.69) is 21.0 Å². The molecule has 1 atom stereocenters. The summed E-state index contributed by atoms with van der Waals surface area (Å²) in [4.78, 5) is 0. The number of aliphatic hydroxyl groups excluding tert-OH is 1. The summed E-state index contributed by atoms with van der Waals surface area (Å²) in [5.41, 5.74) is 1.78. The molecule has 0 aliphatic rings. The molecule has 5 heteroatoms. The number of nitrogens with zero attached hydrogens (tertiary/aromatic N) is 2. The largest absolute Gasteiger partial charge is 0.493 e. The van der Waals surface area contributed by atoms with Crippen molar-refractivity contribution < 1.29 is 9.84 Å². The van der Waals surface area contributed by atoms with Crippen molar-refractivity contribution >= 4 is 15.9 Å². The highest BCUT2D eigenvalue weighted by atomic mass is 79.9. The number of ether oxygens (including phenoxy) is 1. The van der Waals surface area contributed by atoms with E-state index in [1.54, 1.807) is 18.0 Å². The summed E-state index contributed by atoms with van der Waals surface area (Å²) in [7, 11) is 1.59. The maximum Gasteiger partial charge on any atom is 0.162 e. The van der Waals surface area contributed by atoms with Crippen molar-refractivity contribution in [2.75, 3.05) is 7.11 Å². The van der Waals surface area contributed by atoms with Crippen LogP contribution in [0.25, 0.3) is 0 Å². The van der Waals surface area contributed by atoms with Crippen molar-refractivity contribution in [3.05, 3.63) is 46.2 Å². The second-order valence-corrected chi connectivity index (χ2v) is 5.08. The van der Waals surface area contributed by atoms with Crippen molar-refractivity contribution in [1.29, 1.82) is 0 Å². The summed E-state index contributed by atoms with van der Waals surface area (Å²) in [6.07, 6.45) is 1.52. The molecule has 0 amide bonds. The first kappa shape index (κ1) is 14.1. The highest BCUT2D eigenvalue weighted by Crippen LogP contribution is 2.29. The van der Waals surface area contributed by atoms with Crippen LogP contribution in [0.5, 0.6) is 5.75 Å². The summed E-state index contributed by atoms with van der Waals surface area (Å²) in [6.45, 7) is 2.69. The van der Waals surface area contributed by atoms with Gasteiger partial charge in [0.2, 0.25) is 0 Å². The molecule has 0 saturated heterocycles. The molecule has 0 saturated carbocycles. The van der Waals surface area contributed by atoms with Gasteiger partial charge in [-0.3, -0.25) is 4.68 Å². The Morgan fingerprint density at radius 2 is 2.16 bits per heavy atom. The molecule has 4 nitrogen and oxygen atoms in total. The third kappa shape index (κ3) is 2.98. The maximum absolute atomic E-state index is 10.4. The molecular weight excluding hydrogens is 308 g/mol. The fraction of sp³-hybridized carbons (Fsp3) is 0.357. The topological polar surface area (TPSA) is 47.3 Å². The highest BCUT2D eigenvalue weighted by molar-refractivity contribution is 9.10. The van der Waals surface area contributed by atoms with Gasteiger partial charge in [0.15, 0.2) is 5.75 Å². The molecule has 102 valence electrons. The predicted molar refractivity (Wildman–Crippen MR) is 77.3 cm³/mol. The number of hydrogen-bond acceptors (Lipinski definition) is 3. The Labute approximate surface area is 121 Å². The summed E-state index contributed by atoms with van der Waals surface area (Å²) >= 11 is 3.49. The number of rotatable bonds is 5. The van der Waals surface area contributed by atoms with Gasteiger partial charge in [-0.2, -0.15) is 5.10 Å². The van der Waals surface area contributed by atoms with Crippen LogP contribution in [-0.4, -0.2) is 22.0 Å². The summed E-state index contributed by atoms with van der Waals surface area (Å²) in [5.74, 6) is 0.626. The lowest BCUT2D eigenvalue weighted by Crippen LogP contribution is -2.11. The van der Waals surface area contributed by atoms with Crippen LogP contribution in [0.3, 0.4) is 0 Å². The molecule has 0 bridgehead atoms. The molecule has 1 aromatic heterocycles. The van der Waals surface area contributed by atoms with E-state index in [0.29, 0.717) is 18.7 Å². The first-order valence-electron chi connectivity index (χ1n) is 6.18. The van der Waals surface area contributed by atoms with Gasteiger partial charge in [-0.25, -0.2) is 0 Å². The summed E-state index contributed by atoms with van der Waals surface area (Å²) < 4.78 is 8.02. The quantitative estimate of drug-likeness (QED) is 0.919. The Kier molecular flexibility index (Phi) is 4.61. The standard InChI is InChI=1S/C14H17BrN2O2/c1-3-17-14(13(19-2)9-16-17)12(18)8-10-6-4-5-7-11(10)15/h4-7,9,12,18H,3,8H2,1-2H3. The van der Waals surface area contributed by atoms with Crippen molar-refractivity contribution in [2.45, 2.75) is 26.0 Å². The third-order valence-corrected chi connectivity index (χ3v) is 3.82. The monoisotopic (exact) mass is 324 g/mol. The fourth-order valence-electron chi connectivity index (χ4n) is 2.09. The zero-order valence-electron chi connectivity index (χ0n) is 11.0. The van der Waals surface area contributed by atoms with E-state index < -0.39 is 6.10 Å². The number of methoxy groups -OCH3 is 1. The Bertz CT molecular complexity index is 533. The average molecular weight is 325 g/mol. The van der Waals surface area contributed by atoms with Crippen LogP contribution in [0, 0.1) is 0 Å². The first-order valence-corrected chi connectivity index (χ1v) is 6.97. The second-order valence-electron chi connectivity index (χ2n) is 4.23. The van der Waals surface area contributed by atoms with E-state index >= 15 is 0 Å². The molecule has 0 fully saturated rings. The van der Waals surface area contributed by atoms with Crippen LogP contribution in [0.4, 0.5) is 0 Å². The van der Waals surface area contributed by atoms with E-state index in [9.17, 15) is 5.11 Å². The zero-order chi connectivity index (χ0) is 13.8. The average Bonchev–Trinajstić information content (AvgIpc) is 2.84. The minimum atomic E-state index is -0.643. The molecular formula is C14H17BrN2O2. The molecule has 2 aromatic rings. The minimum Gasteiger partial charge on any atom is -0.493 e. The van der Waals surface area contributed by atoms with Crippen molar-refractivity contribution in [1.82, 2.24) is 9.78 Å². The van der Waals surface area contributed by atoms with Gasteiger partial charge in [-0.15, -0.1) is 0 Å². The number of benzene rings is 1. The van der Waals surface area contributed by atoms with Gasteiger partial charge < -0.3 is 9.84 Å². The molecule has 0 radical (unpaired) electrons. The lowest BCUT2D eigenvalue weighted by molar-refractivity contribution is 0.162. The van der Waals surface area contributed by atoms with Gasteiger partial charge in [-0.05, 0) is 18.6 Å². The van der Waals surface area contributed by atoms with E-state index in [1.807, 2.05) is 31.2 Å². The lowest BCUT2D eigenvalue weighted by Gasteiger charge is -2.15. The fourth-order valence-corrected chi connectivity index (χ4v) is 2.54. The Hall–Kier alpha value is -1.33. The molecule has 0 aliphatic carbocycles. The Morgan fingerprint density at radius 1 is 1.42 bits per heavy atom. The normalized spacial score (nSPS) is 12.4. The summed E-state index contributed by atoms with van der Waals surface area (Å²) in [6, 6.07) is 7.88. The van der Waals surface area contributed by atoms with E-state index in [0.717, 1.165) is 15.7 Å². The van der Waals surface area contributed by atoms with Crippen LogP contribution in [-0.2, 0) is 13.0 Å². The van der Waals surface area contributed by atoms with Gasteiger partial charge >= 0.3 is 0 Å². The van der Waals surface area contributed by atoms with E-state index in [1.165, 1.54) is 0 Å². The van der Waals surface area contributed by atoms with Crippen LogP contribution in [0.1, 0.15) is 24.3 Å². The number of aliphatic hydroxyl groups is 1. The SMILES string of the molecule is CCn1ncc(OC)c1C(O)Cc1ccccc1Br. The summed E-state index contributed by atoms with van der Waals surface area (Å²) in [5, 5.41) is 14.7. The molecule has 1 heterocycles. The molecule has 0 aliphatic heterocycles. The van der Waals surface area contributed by atoms with Crippen LogP contribution in [0.15, 0.2) is 34.9 Å². The van der Waals surface area contributed by atoms with Crippen molar-refractivity contribution in [2.24, 2.45) is 0 Å². The molecule has 19 heavy (non-hydrogen) atoms. The number of aromatic nitrogens is 2. The lowest BCUT2D eigenvalue weighted by atomic mass is 10.1. The molecule has 1 unspecified atom stereocenters. The molecule has 1 N–H and O–H groups in total. The van der Waals surface area contributed by atoms with Gasteiger partial charge in [0, 0.05) is 17.4 Å². The highest BCUT2D eigenvalue weighted by Gasteiger charge is 2.20. The van der Waals surface area contributed by atoms with Gasteiger partial charge in [0.25, 0.3) is 0 Å². The van der Waals surface area contributed by atoms with E-state index in [4.69, 9.17) is 4.74 Å². The maximum atomic E-state index is 10.4. The zero-order valence-corrected chi connectivity index (χ0v) is 12.6. The van der Waals surface area contributed by atoms with Crippen LogP contribution in [0.2, 0.25) is 0 Å². The molecule has 1 aromatic carbocycles. The predicted octanol–water partition coefficient (Wildman–Crippen LogP) is 2.95. The number of halogens is 1. The smallest absolute Gasteiger partial charge is 0.162 e. The molecule has 2 rings (SSSR count). The van der Waals surface area contributed by atoms with Crippen molar-refractivity contribution in [3.63, 3.8) is 0 Å². The van der Waals surface area contributed by atoms with E-state index in [-0.39, 0.29) is 0 Å². The Morgan fingerprint density at radius 3 is 2.79 bits per heavy atom. The third-order valence-electron chi connectivity index (χ3n) is 3.05. The van der Waals surface area contributed by atoms with Gasteiger partial charge in [-0.1, -0.05) is 34.1 Å². The Balaban J connectivity index is 2.27. The van der Waals surface area contributed by atoms with Crippen LogP contribution >= 0.6 is 15.9 Å². The second kappa shape index (κ2) is 6.21. The number of hydrogen-bond donors (Lipinski definition) is 1. The van der Waals surface area contributed by atoms with Crippen molar-refractivity contribution in [3.8, 4) is 5.75 Å². The van der Waals surface area contributed by atoms with Gasteiger partial charge in [0.1, 0.15) is 11.8 Å². The first-order chi connectivity index (χ1) is 9.17. The van der Waals surface area contributed by atoms with Crippen LogP contribution < -0.4 is 4.74 Å². The van der Waals surface area contributed by atoms with Gasteiger partial charge in [0.05, 0.1) is 13.3 Å². The molecule has 0 spiro atoms. The number of aryl methyl sites for hydroxylation is 1. The minimum absolute atomic E-state index is 0.517.